The molecule has 1 fully saturated rings. The van der Waals surface area contributed by atoms with E-state index in [-0.39, 0.29) is 29.6 Å². The Hall–Kier alpha value is -3.56. The zero-order valence-electron chi connectivity index (χ0n) is 22.0. The van der Waals surface area contributed by atoms with E-state index in [0.29, 0.717) is 31.7 Å². The molecule has 0 bridgehead atoms. The van der Waals surface area contributed by atoms with Gasteiger partial charge in [0.2, 0.25) is 5.91 Å². The Morgan fingerprint density at radius 2 is 1.71 bits per heavy atom. The highest BCUT2D eigenvalue weighted by molar-refractivity contribution is 7.10. The molecule has 0 aliphatic carbocycles. The van der Waals surface area contributed by atoms with Crippen LogP contribution in [0.5, 0.6) is 0 Å². The molecule has 1 aliphatic heterocycles. The van der Waals surface area contributed by atoms with E-state index in [1.165, 1.54) is 6.07 Å². The topological polar surface area (TPSA) is 87.0 Å². The lowest BCUT2D eigenvalue weighted by atomic mass is 10.1. The average molecular weight is 535 g/mol. The van der Waals surface area contributed by atoms with E-state index in [9.17, 15) is 19.7 Å². The summed E-state index contributed by atoms with van der Waals surface area (Å²) in [4.78, 5) is 45.2. The van der Waals surface area contributed by atoms with Crippen LogP contribution in [0.3, 0.4) is 0 Å². The van der Waals surface area contributed by atoms with E-state index in [4.69, 9.17) is 0 Å². The first-order valence-corrected chi connectivity index (χ1v) is 13.8. The number of nitro benzene ring substituents is 1. The molecule has 1 aliphatic rings. The summed E-state index contributed by atoms with van der Waals surface area (Å²) in [5.41, 5.74) is 2.77. The predicted molar refractivity (Wildman–Crippen MR) is 149 cm³/mol. The number of hydrogen-bond donors (Lipinski definition) is 0. The number of benzene rings is 2. The second-order valence-corrected chi connectivity index (χ2v) is 10.8. The first kappa shape index (κ1) is 27.5. The largest absolute Gasteiger partial charge is 0.332 e. The molecule has 0 N–H and O–H groups in total. The fraction of sp³-hybridized carbons (Fsp3) is 0.379. The highest BCUT2D eigenvalue weighted by Gasteiger charge is 2.26. The van der Waals surface area contributed by atoms with Gasteiger partial charge in [-0.1, -0.05) is 36.4 Å². The maximum atomic E-state index is 13.8. The molecule has 200 valence electrons. The van der Waals surface area contributed by atoms with Crippen LogP contribution in [0, 0.1) is 24.0 Å². The number of aryl methyl sites for hydroxylation is 2. The lowest BCUT2D eigenvalue weighted by molar-refractivity contribution is -0.385. The highest BCUT2D eigenvalue weighted by atomic mass is 32.1. The minimum Gasteiger partial charge on any atom is -0.332 e. The summed E-state index contributed by atoms with van der Waals surface area (Å²) in [6, 6.07) is 16.4. The molecule has 0 unspecified atom stereocenters. The van der Waals surface area contributed by atoms with Gasteiger partial charge in [0.25, 0.3) is 11.6 Å². The molecule has 0 radical (unpaired) electrons. The van der Waals surface area contributed by atoms with Gasteiger partial charge >= 0.3 is 0 Å². The summed E-state index contributed by atoms with van der Waals surface area (Å²) in [5.74, 6) is -0.523. The molecule has 2 heterocycles. The van der Waals surface area contributed by atoms with E-state index in [1.54, 1.807) is 40.2 Å². The van der Waals surface area contributed by atoms with Gasteiger partial charge in [0.15, 0.2) is 0 Å². The van der Waals surface area contributed by atoms with Gasteiger partial charge in [0.1, 0.15) is 6.54 Å². The molecular formula is C29H34N4O4S. The third-order valence-electron chi connectivity index (χ3n) is 7.02. The molecule has 4 rings (SSSR count). The molecule has 1 saturated heterocycles. The Labute approximate surface area is 227 Å². The molecule has 3 aromatic rings. The summed E-state index contributed by atoms with van der Waals surface area (Å²) in [6.07, 6.45) is 2.25. The highest BCUT2D eigenvalue weighted by Crippen LogP contribution is 2.22. The van der Waals surface area contributed by atoms with Crippen LogP contribution in [0.1, 0.15) is 44.8 Å². The molecule has 38 heavy (non-hydrogen) atoms. The second-order valence-electron chi connectivity index (χ2n) is 9.80. The SMILES string of the molecule is Cc1ccc(C(=O)N(CCN2CCCC2)CC(=O)N(Cc2ccccc2)Cc2sccc2C)cc1[N+](=O)[O-]. The van der Waals surface area contributed by atoms with E-state index >= 15 is 0 Å². The third-order valence-corrected chi connectivity index (χ3v) is 8.03. The zero-order chi connectivity index (χ0) is 27.1. The molecular weight excluding hydrogens is 500 g/mol. The number of thiophene rings is 1. The third kappa shape index (κ3) is 7.05. The molecule has 8 nitrogen and oxygen atoms in total. The summed E-state index contributed by atoms with van der Waals surface area (Å²) >= 11 is 1.62. The predicted octanol–water partition coefficient (Wildman–Crippen LogP) is 5.04. The van der Waals surface area contributed by atoms with Crippen molar-refractivity contribution in [3.05, 3.63) is 97.2 Å². The molecule has 0 spiro atoms. The van der Waals surface area contributed by atoms with E-state index in [1.807, 2.05) is 48.7 Å². The summed E-state index contributed by atoms with van der Waals surface area (Å²) in [5, 5.41) is 13.5. The van der Waals surface area contributed by atoms with Crippen molar-refractivity contribution in [1.82, 2.24) is 14.7 Å². The molecule has 9 heteroatoms. The first-order chi connectivity index (χ1) is 18.3. The fourth-order valence-corrected chi connectivity index (χ4v) is 5.60. The molecule has 2 amide bonds. The number of rotatable bonds is 11. The number of carbonyl (C=O) groups excluding carboxylic acids is 2. The number of amides is 2. The molecule has 0 atom stereocenters. The fourth-order valence-electron chi connectivity index (χ4n) is 4.68. The Balaban J connectivity index is 1.58. The van der Waals surface area contributed by atoms with Crippen LogP contribution in [0.25, 0.3) is 0 Å². The maximum Gasteiger partial charge on any atom is 0.273 e. The number of likely N-dealkylation sites (tertiary alicyclic amines) is 1. The lowest BCUT2D eigenvalue weighted by Gasteiger charge is -2.29. The lowest BCUT2D eigenvalue weighted by Crippen LogP contribution is -2.45. The molecule has 2 aromatic carbocycles. The monoisotopic (exact) mass is 534 g/mol. The minimum absolute atomic E-state index is 0.0917. The van der Waals surface area contributed by atoms with Gasteiger partial charge in [-0.25, -0.2) is 0 Å². The van der Waals surface area contributed by atoms with E-state index in [2.05, 4.69) is 4.90 Å². The van der Waals surface area contributed by atoms with Gasteiger partial charge in [-0.2, -0.15) is 0 Å². The zero-order valence-corrected chi connectivity index (χ0v) is 22.8. The van der Waals surface area contributed by atoms with E-state index < -0.39 is 4.92 Å². The minimum atomic E-state index is -0.475. The van der Waals surface area contributed by atoms with Crippen molar-refractivity contribution in [3.63, 3.8) is 0 Å². The number of carbonyl (C=O) groups is 2. The van der Waals surface area contributed by atoms with Crippen molar-refractivity contribution in [3.8, 4) is 0 Å². The van der Waals surface area contributed by atoms with Gasteiger partial charge < -0.3 is 14.7 Å². The normalized spacial score (nSPS) is 13.4. The van der Waals surface area contributed by atoms with Crippen LogP contribution < -0.4 is 0 Å². The quantitative estimate of drug-likeness (QED) is 0.254. The number of hydrogen-bond acceptors (Lipinski definition) is 6. The van der Waals surface area contributed by atoms with E-state index in [0.717, 1.165) is 41.9 Å². The Morgan fingerprint density at radius 1 is 0.974 bits per heavy atom. The van der Waals surface area contributed by atoms with Gasteiger partial charge in [0.05, 0.1) is 11.5 Å². The Morgan fingerprint density at radius 3 is 2.37 bits per heavy atom. The van der Waals surface area contributed by atoms with Crippen molar-refractivity contribution < 1.29 is 14.5 Å². The van der Waals surface area contributed by atoms with Crippen molar-refractivity contribution in [2.45, 2.75) is 39.8 Å². The van der Waals surface area contributed by atoms with Crippen molar-refractivity contribution in [1.29, 1.82) is 0 Å². The molecule has 0 saturated carbocycles. The first-order valence-electron chi connectivity index (χ1n) is 12.9. The Bertz CT molecular complexity index is 1270. The number of nitrogens with zero attached hydrogens (tertiary/aromatic N) is 4. The van der Waals surface area contributed by atoms with Crippen LogP contribution in [-0.4, -0.2) is 64.2 Å². The summed E-state index contributed by atoms with van der Waals surface area (Å²) in [7, 11) is 0. The Kier molecular flexibility index (Phi) is 9.25. The van der Waals surface area contributed by atoms with Crippen LogP contribution in [0.2, 0.25) is 0 Å². The van der Waals surface area contributed by atoms with Crippen molar-refractivity contribution in [2.75, 3.05) is 32.7 Å². The summed E-state index contributed by atoms with van der Waals surface area (Å²) in [6.45, 7) is 7.48. The second kappa shape index (κ2) is 12.8. The van der Waals surface area contributed by atoms with Crippen LogP contribution >= 0.6 is 11.3 Å². The average Bonchev–Trinajstić information content (AvgIpc) is 3.58. The number of nitro groups is 1. The molecule has 1 aromatic heterocycles. The van der Waals surface area contributed by atoms with Gasteiger partial charge in [0, 0.05) is 41.7 Å². The van der Waals surface area contributed by atoms with Gasteiger partial charge in [-0.15, -0.1) is 11.3 Å². The van der Waals surface area contributed by atoms with Gasteiger partial charge in [-0.3, -0.25) is 19.7 Å². The van der Waals surface area contributed by atoms with Crippen LogP contribution in [0.4, 0.5) is 5.69 Å². The van der Waals surface area contributed by atoms with Crippen LogP contribution in [-0.2, 0) is 17.9 Å². The summed E-state index contributed by atoms with van der Waals surface area (Å²) < 4.78 is 0. The van der Waals surface area contributed by atoms with Crippen molar-refractivity contribution >= 4 is 28.8 Å². The van der Waals surface area contributed by atoms with Gasteiger partial charge in [-0.05, 0) is 68.4 Å². The van der Waals surface area contributed by atoms with Crippen molar-refractivity contribution in [2.24, 2.45) is 0 Å². The van der Waals surface area contributed by atoms with Crippen LogP contribution in [0.15, 0.2) is 60.0 Å². The maximum absolute atomic E-state index is 13.8. The standard InChI is InChI=1S/C29H34N4O4S/c1-22-10-11-25(18-26(22)33(36)37)29(35)31(16-15-30-13-6-7-14-30)21-28(34)32(19-24-8-4-3-5-9-24)20-27-23(2)12-17-38-27/h3-5,8-12,17-18H,6-7,13-16,19-21H2,1-2H3. The smallest absolute Gasteiger partial charge is 0.273 e.